The van der Waals surface area contributed by atoms with E-state index in [4.69, 9.17) is 11.6 Å². The molecule has 0 N–H and O–H groups in total. The van der Waals surface area contributed by atoms with E-state index >= 15 is 0 Å². The van der Waals surface area contributed by atoms with Gasteiger partial charge < -0.3 is 4.74 Å². The highest BCUT2D eigenvalue weighted by Gasteiger charge is 2.08. The molecule has 0 amide bonds. The summed E-state index contributed by atoms with van der Waals surface area (Å²) in [7, 11) is 0. The fourth-order valence-corrected chi connectivity index (χ4v) is 1.93. The first kappa shape index (κ1) is 11.2. The van der Waals surface area contributed by atoms with Crippen LogP contribution < -0.4 is 4.74 Å². The van der Waals surface area contributed by atoms with Crippen LogP contribution in [0, 0.1) is 0 Å². The van der Waals surface area contributed by atoms with Crippen molar-refractivity contribution in [3.63, 3.8) is 0 Å². The minimum atomic E-state index is -2.84. The molecule has 0 aliphatic heterocycles. The Hall–Kier alpha value is -1.27. The second-order valence-electron chi connectivity index (χ2n) is 2.77. The number of benzene rings is 1. The van der Waals surface area contributed by atoms with Gasteiger partial charge in [-0.2, -0.15) is 13.2 Å². The van der Waals surface area contributed by atoms with Crippen LogP contribution in [0.25, 0.3) is 10.6 Å². The predicted octanol–water partition coefficient (Wildman–Crippen LogP) is 3.46. The van der Waals surface area contributed by atoms with E-state index in [-0.39, 0.29) is 11.0 Å². The van der Waals surface area contributed by atoms with Gasteiger partial charge in [0.1, 0.15) is 10.8 Å². The summed E-state index contributed by atoms with van der Waals surface area (Å²) in [6.45, 7) is -2.84. The lowest BCUT2D eigenvalue weighted by Gasteiger charge is -2.04. The van der Waals surface area contributed by atoms with Gasteiger partial charge in [-0.1, -0.05) is 12.1 Å². The maximum atomic E-state index is 12.0. The minimum Gasteiger partial charge on any atom is -0.435 e. The fourth-order valence-electron chi connectivity index (χ4n) is 1.13. The molecule has 0 aliphatic rings. The van der Waals surface area contributed by atoms with Gasteiger partial charge in [0.15, 0.2) is 0 Å². The van der Waals surface area contributed by atoms with Gasteiger partial charge in [-0.3, -0.25) is 0 Å². The molecule has 0 unspecified atom stereocenters. The molecule has 2 rings (SSSR count). The SMILES string of the molecule is FC(F)Oc1cccc(-c2nc(Cl)ns2)c1. The number of alkyl halides is 2. The van der Waals surface area contributed by atoms with E-state index in [9.17, 15) is 8.78 Å². The zero-order chi connectivity index (χ0) is 11.5. The maximum absolute atomic E-state index is 12.0. The third-order valence-electron chi connectivity index (χ3n) is 1.71. The third-order valence-corrected chi connectivity index (χ3v) is 2.74. The number of rotatable bonds is 3. The minimum absolute atomic E-state index is 0.0822. The molecule has 0 spiro atoms. The summed E-state index contributed by atoms with van der Waals surface area (Å²) in [4.78, 5) is 3.93. The molecule has 0 saturated heterocycles. The van der Waals surface area contributed by atoms with E-state index in [2.05, 4.69) is 14.1 Å². The Morgan fingerprint density at radius 1 is 1.38 bits per heavy atom. The van der Waals surface area contributed by atoms with Crippen LogP contribution >= 0.6 is 23.1 Å². The van der Waals surface area contributed by atoms with E-state index < -0.39 is 6.61 Å². The number of nitrogens with zero attached hydrogens (tertiary/aromatic N) is 2. The highest BCUT2D eigenvalue weighted by molar-refractivity contribution is 7.09. The largest absolute Gasteiger partial charge is 0.435 e. The highest BCUT2D eigenvalue weighted by atomic mass is 35.5. The van der Waals surface area contributed by atoms with Crippen LogP contribution in [-0.2, 0) is 0 Å². The molecular weight excluding hydrogens is 258 g/mol. The van der Waals surface area contributed by atoms with Crippen LogP contribution in [0.4, 0.5) is 8.78 Å². The predicted molar refractivity (Wildman–Crippen MR) is 57.0 cm³/mol. The van der Waals surface area contributed by atoms with Crippen molar-refractivity contribution in [2.75, 3.05) is 0 Å². The summed E-state index contributed by atoms with van der Waals surface area (Å²) < 4.78 is 32.0. The van der Waals surface area contributed by atoms with Crippen LogP contribution in [0.2, 0.25) is 5.28 Å². The molecule has 7 heteroatoms. The first-order chi connectivity index (χ1) is 7.65. The average molecular weight is 263 g/mol. The summed E-state index contributed by atoms with van der Waals surface area (Å²) in [5, 5.41) is 0.699. The molecule has 2 aromatic rings. The summed E-state index contributed by atoms with van der Waals surface area (Å²) in [5.74, 6) is 0.0822. The van der Waals surface area contributed by atoms with Gasteiger partial charge in [0, 0.05) is 5.56 Å². The van der Waals surface area contributed by atoms with Gasteiger partial charge in [0.05, 0.1) is 0 Å². The van der Waals surface area contributed by atoms with Crippen molar-refractivity contribution in [2.24, 2.45) is 0 Å². The Morgan fingerprint density at radius 3 is 2.81 bits per heavy atom. The first-order valence-electron chi connectivity index (χ1n) is 4.19. The number of hydrogen-bond acceptors (Lipinski definition) is 4. The van der Waals surface area contributed by atoms with Gasteiger partial charge in [-0.25, -0.2) is 4.98 Å². The van der Waals surface area contributed by atoms with Gasteiger partial charge in [0.2, 0.25) is 5.28 Å². The van der Waals surface area contributed by atoms with Gasteiger partial charge in [0.25, 0.3) is 0 Å². The Bertz CT molecular complexity index is 492. The summed E-state index contributed by atoms with van der Waals surface area (Å²) in [6, 6.07) is 6.22. The zero-order valence-electron chi connectivity index (χ0n) is 7.73. The average Bonchev–Trinajstić information content (AvgIpc) is 2.64. The van der Waals surface area contributed by atoms with Crippen LogP contribution in [0.15, 0.2) is 24.3 Å². The number of hydrogen-bond donors (Lipinski definition) is 0. The van der Waals surface area contributed by atoms with Crippen molar-refractivity contribution in [2.45, 2.75) is 6.61 Å². The van der Waals surface area contributed by atoms with Gasteiger partial charge in [-0.15, -0.1) is 0 Å². The van der Waals surface area contributed by atoms with E-state index in [0.717, 1.165) is 11.5 Å². The Labute approximate surface area is 98.8 Å². The quantitative estimate of drug-likeness (QED) is 0.850. The van der Waals surface area contributed by atoms with Crippen LogP contribution in [0.5, 0.6) is 5.75 Å². The number of aromatic nitrogens is 2. The molecule has 84 valence electrons. The standard InChI is InChI=1S/C9H5ClF2N2OS/c10-8-13-7(16-14-8)5-2-1-3-6(4-5)15-9(11)12/h1-4,9H. The van der Waals surface area contributed by atoms with E-state index in [1.165, 1.54) is 12.1 Å². The van der Waals surface area contributed by atoms with Crippen molar-refractivity contribution >= 4 is 23.1 Å². The molecular formula is C9H5ClF2N2OS. The lowest BCUT2D eigenvalue weighted by atomic mass is 10.2. The van der Waals surface area contributed by atoms with Gasteiger partial charge in [-0.05, 0) is 35.3 Å². The second kappa shape index (κ2) is 4.71. The fraction of sp³-hybridized carbons (Fsp3) is 0.111. The summed E-state index contributed by atoms with van der Waals surface area (Å²) in [6.07, 6.45) is 0. The topological polar surface area (TPSA) is 35.0 Å². The smallest absolute Gasteiger partial charge is 0.387 e. The second-order valence-corrected chi connectivity index (χ2v) is 3.86. The van der Waals surface area contributed by atoms with E-state index in [1.807, 2.05) is 0 Å². The van der Waals surface area contributed by atoms with Gasteiger partial charge >= 0.3 is 6.61 Å². The highest BCUT2D eigenvalue weighted by Crippen LogP contribution is 2.26. The molecule has 0 atom stereocenters. The molecule has 0 fully saturated rings. The van der Waals surface area contributed by atoms with Crippen molar-refractivity contribution in [1.29, 1.82) is 0 Å². The molecule has 1 heterocycles. The van der Waals surface area contributed by atoms with E-state index in [0.29, 0.717) is 10.6 Å². The van der Waals surface area contributed by atoms with Crippen molar-refractivity contribution in [3.8, 4) is 16.3 Å². The Kier molecular flexibility index (Phi) is 3.31. The Morgan fingerprint density at radius 2 is 2.19 bits per heavy atom. The lowest BCUT2D eigenvalue weighted by Crippen LogP contribution is -2.01. The molecule has 0 saturated carbocycles. The summed E-state index contributed by atoms with van der Waals surface area (Å²) >= 11 is 6.67. The Balaban J connectivity index is 2.28. The summed E-state index contributed by atoms with van der Waals surface area (Å²) in [5.41, 5.74) is 0.641. The van der Waals surface area contributed by atoms with E-state index in [1.54, 1.807) is 12.1 Å². The lowest BCUT2D eigenvalue weighted by molar-refractivity contribution is -0.0498. The molecule has 1 aromatic heterocycles. The third kappa shape index (κ3) is 2.65. The van der Waals surface area contributed by atoms with Crippen LogP contribution in [0.3, 0.4) is 0 Å². The zero-order valence-corrected chi connectivity index (χ0v) is 9.30. The van der Waals surface area contributed by atoms with Crippen LogP contribution in [0.1, 0.15) is 0 Å². The van der Waals surface area contributed by atoms with Crippen molar-refractivity contribution in [1.82, 2.24) is 9.36 Å². The normalized spacial score (nSPS) is 10.8. The molecule has 0 aliphatic carbocycles. The first-order valence-corrected chi connectivity index (χ1v) is 5.35. The molecule has 16 heavy (non-hydrogen) atoms. The monoisotopic (exact) mass is 262 g/mol. The maximum Gasteiger partial charge on any atom is 0.387 e. The number of halogens is 3. The molecule has 3 nitrogen and oxygen atoms in total. The molecule has 1 aromatic carbocycles. The molecule has 0 radical (unpaired) electrons. The van der Waals surface area contributed by atoms with Crippen molar-refractivity contribution < 1.29 is 13.5 Å². The van der Waals surface area contributed by atoms with Crippen LogP contribution in [-0.4, -0.2) is 16.0 Å². The number of ether oxygens (including phenoxy) is 1. The van der Waals surface area contributed by atoms with Crippen molar-refractivity contribution in [3.05, 3.63) is 29.5 Å². The molecule has 0 bridgehead atoms.